The molecule has 58 valence electrons. The van der Waals surface area contributed by atoms with Crippen molar-refractivity contribution in [3.8, 4) is 17.9 Å². The monoisotopic (exact) mass is 156 g/mol. The summed E-state index contributed by atoms with van der Waals surface area (Å²) in [5.74, 6) is 5.51. The second-order valence-corrected chi connectivity index (χ2v) is 2.30. The molecule has 0 aliphatic carbocycles. The second kappa shape index (κ2) is 4.16. The van der Waals surface area contributed by atoms with Gasteiger partial charge in [-0.25, -0.2) is 4.98 Å². The third-order valence-corrected chi connectivity index (χ3v) is 1.27. The Balaban J connectivity index is 2.79. The molecule has 0 fully saturated rings. The van der Waals surface area contributed by atoms with Gasteiger partial charge in [-0.3, -0.25) is 0 Å². The molecule has 0 radical (unpaired) electrons. The highest BCUT2D eigenvalue weighted by molar-refractivity contribution is 5.28. The standard InChI is InChI=1S/C10H8N2/c1-9-5-4-7-10(12-9)6-2-3-8-11/h4-5,7H,3H2,1H3. The number of nitrogens with zero attached hydrogens (tertiary/aromatic N) is 2. The molecule has 1 heterocycles. The van der Waals surface area contributed by atoms with Gasteiger partial charge >= 0.3 is 0 Å². The van der Waals surface area contributed by atoms with Crippen LogP contribution in [0.2, 0.25) is 0 Å². The fourth-order valence-corrected chi connectivity index (χ4v) is 0.787. The minimum atomic E-state index is 0.260. The van der Waals surface area contributed by atoms with Crippen LogP contribution in [0.25, 0.3) is 0 Å². The summed E-state index contributed by atoms with van der Waals surface area (Å²) in [7, 11) is 0. The Labute approximate surface area is 71.9 Å². The van der Waals surface area contributed by atoms with Gasteiger partial charge in [0.1, 0.15) is 5.69 Å². The molecule has 1 rings (SSSR count). The third kappa shape index (κ3) is 2.44. The van der Waals surface area contributed by atoms with E-state index in [2.05, 4.69) is 16.8 Å². The number of aromatic nitrogens is 1. The van der Waals surface area contributed by atoms with Crippen LogP contribution in [0.4, 0.5) is 0 Å². The van der Waals surface area contributed by atoms with Gasteiger partial charge in [-0.15, -0.1) is 0 Å². The van der Waals surface area contributed by atoms with E-state index >= 15 is 0 Å². The Morgan fingerprint density at radius 1 is 1.50 bits per heavy atom. The van der Waals surface area contributed by atoms with Gasteiger partial charge < -0.3 is 0 Å². The SMILES string of the molecule is Cc1cccc(C#CCC#N)n1. The first-order valence-corrected chi connectivity index (χ1v) is 3.62. The largest absolute Gasteiger partial charge is 0.245 e. The highest BCUT2D eigenvalue weighted by atomic mass is 14.7. The first kappa shape index (κ1) is 8.30. The highest BCUT2D eigenvalue weighted by Crippen LogP contribution is 1.95. The molecule has 0 atom stereocenters. The zero-order valence-electron chi connectivity index (χ0n) is 6.83. The molecule has 0 amide bonds. The van der Waals surface area contributed by atoms with Crippen molar-refractivity contribution in [2.75, 3.05) is 0 Å². The molecule has 0 bridgehead atoms. The molecule has 0 aliphatic rings. The molecular formula is C10H8N2. The number of aryl methyl sites for hydroxylation is 1. The third-order valence-electron chi connectivity index (χ3n) is 1.27. The minimum Gasteiger partial charge on any atom is -0.245 e. The fraction of sp³-hybridized carbons (Fsp3) is 0.200. The highest BCUT2D eigenvalue weighted by Gasteiger charge is 1.86. The Morgan fingerprint density at radius 3 is 3.00 bits per heavy atom. The van der Waals surface area contributed by atoms with Gasteiger partial charge in [-0.1, -0.05) is 12.0 Å². The van der Waals surface area contributed by atoms with E-state index < -0.39 is 0 Å². The van der Waals surface area contributed by atoms with Gasteiger partial charge in [0.2, 0.25) is 0 Å². The summed E-state index contributed by atoms with van der Waals surface area (Å²) in [5.41, 5.74) is 1.67. The smallest absolute Gasteiger partial charge is 0.113 e. The van der Waals surface area contributed by atoms with Gasteiger partial charge in [-0.05, 0) is 25.0 Å². The molecule has 2 heteroatoms. The van der Waals surface area contributed by atoms with Crippen molar-refractivity contribution < 1.29 is 0 Å². The molecule has 1 aromatic heterocycles. The Morgan fingerprint density at radius 2 is 2.33 bits per heavy atom. The van der Waals surface area contributed by atoms with Crippen LogP contribution in [0.5, 0.6) is 0 Å². The zero-order valence-corrected chi connectivity index (χ0v) is 6.83. The summed E-state index contributed by atoms with van der Waals surface area (Å²) in [4.78, 5) is 4.16. The summed E-state index contributed by atoms with van der Waals surface area (Å²) >= 11 is 0. The van der Waals surface area contributed by atoms with E-state index in [0.29, 0.717) is 0 Å². The maximum atomic E-state index is 8.23. The Bertz CT molecular complexity index is 363. The molecule has 1 aromatic rings. The van der Waals surface area contributed by atoms with E-state index in [1.165, 1.54) is 0 Å². The minimum absolute atomic E-state index is 0.260. The van der Waals surface area contributed by atoms with Crippen molar-refractivity contribution in [3.63, 3.8) is 0 Å². The first-order valence-electron chi connectivity index (χ1n) is 3.62. The Hall–Kier alpha value is -1.80. The number of hydrogen-bond donors (Lipinski definition) is 0. The van der Waals surface area contributed by atoms with E-state index in [1.807, 2.05) is 31.2 Å². The lowest BCUT2D eigenvalue weighted by Crippen LogP contribution is -1.84. The average molecular weight is 156 g/mol. The van der Waals surface area contributed by atoms with Gasteiger partial charge in [-0.2, -0.15) is 5.26 Å². The molecule has 2 nitrogen and oxygen atoms in total. The van der Waals surface area contributed by atoms with Crippen molar-refractivity contribution in [2.45, 2.75) is 13.3 Å². The summed E-state index contributed by atoms with van der Waals surface area (Å²) in [5, 5.41) is 8.23. The number of rotatable bonds is 0. The summed E-state index contributed by atoms with van der Waals surface area (Å²) < 4.78 is 0. The number of pyridine rings is 1. The van der Waals surface area contributed by atoms with E-state index in [0.717, 1.165) is 11.4 Å². The van der Waals surface area contributed by atoms with E-state index in [1.54, 1.807) is 0 Å². The molecule has 0 N–H and O–H groups in total. The lowest BCUT2D eigenvalue weighted by Gasteiger charge is -1.90. The fourth-order valence-electron chi connectivity index (χ4n) is 0.787. The van der Waals surface area contributed by atoms with E-state index in [4.69, 9.17) is 5.26 Å². The quantitative estimate of drug-likeness (QED) is 0.535. The summed E-state index contributed by atoms with van der Waals surface area (Å²) in [6.07, 6.45) is 0.260. The molecule has 0 saturated heterocycles. The topological polar surface area (TPSA) is 36.7 Å². The zero-order chi connectivity index (χ0) is 8.81. The predicted molar refractivity (Wildman–Crippen MR) is 46.1 cm³/mol. The van der Waals surface area contributed by atoms with Crippen molar-refractivity contribution >= 4 is 0 Å². The number of nitriles is 1. The van der Waals surface area contributed by atoms with Gasteiger partial charge in [0, 0.05) is 5.69 Å². The van der Waals surface area contributed by atoms with Crippen LogP contribution in [0.15, 0.2) is 18.2 Å². The molecule has 0 spiro atoms. The predicted octanol–water partition coefficient (Wildman–Crippen LogP) is 1.66. The first-order chi connectivity index (χ1) is 5.83. The molecule has 0 aliphatic heterocycles. The molecule has 0 saturated carbocycles. The van der Waals surface area contributed by atoms with E-state index in [9.17, 15) is 0 Å². The maximum Gasteiger partial charge on any atom is 0.113 e. The van der Waals surface area contributed by atoms with E-state index in [-0.39, 0.29) is 6.42 Å². The lowest BCUT2D eigenvalue weighted by molar-refractivity contribution is 1.18. The van der Waals surface area contributed by atoms with Crippen LogP contribution in [0.3, 0.4) is 0 Å². The normalized spacial score (nSPS) is 8.00. The molecule has 12 heavy (non-hydrogen) atoms. The Kier molecular flexibility index (Phi) is 2.87. The van der Waals surface area contributed by atoms with Crippen molar-refractivity contribution in [1.82, 2.24) is 4.98 Å². The van der Waals surface area contributed by atoms with Crippen LogP contribution < -0.4 is 0 Å². The van der Waals surface area contributed by atoms with Crippen LogP contribution in [-0.2, 0) is 0 Å². The average Bonchev–Trinajstić information content (AvgIpc) is 2.05. The summed E-state index contributed by atoms with van der Waals surface area (Å²) in [6.45, 7) is 1.91. The lowest BCUT2D eigenvalue weighted by atomic mass is 10.3. The molecule has 0 unspecified atom stereocenters. The number of hydrogen-bond acceptors (Lipinski definition) is 2. The van der Waals surface area contributed by atoms with Gasteiger partial charge in [0.25, 0.3) is 0 Å². The van der Waals surface area contributed by atoms with Crippen molar-refractivity contribution in [1.29, 1.82) is 5.26 Å². The maximum absolute atomic E-state index is 8.23. The van der Waals surface area contributed by atoms with Crippen LogP contribution >= 0.6 is 0 Å². The van der Waals surface area contributed by atoms with Crippen molar-refractivity contribution in [3.05, 3.63) is 29.6 Å². The van der Waals surface area contributed by atoms with Crippen LogP contribution in [0.1, 0.15) is 17.8 Å². The van der Waals surface area contributed by atoms with Gasteiger partial charge in [0.05, 0.1) is 12.5 Å². The van der Waals surface area contributed by atoms with Crippen LogP contribution in [0, 0.1) is 30.1 Å². The second-order valence-electron chi connectivity index (χ2n) is 2.30. The van der Waals surface area contributed by atoms with Gasteiger partial charge in [0.15, 0.2) is 0 Å². The summed E-state index contributed by atoms with van der Waals surface area (Å²) in [6, 6.07) is 7.60. The molecule has 0 aromatic carbocycles. The molecular weight excluding hydrogens is 148 g/mol. The van der Waals surface area contributed by atoms with Crippen molar-refractivity contribution in [2.24, 2.45) is 0 Å². The van der Waals surface area contributed by atoms with Crippen LogP contribution in [-0.4, -0.2) is 4.98 Å².